The molecule has 0 atom stereocenters. The topological polar surface area (TPSA) is 17.8 Å². The highest BCUT2D eigenvalue weighted by molar-refractivity contribution is 5.78. The fourth-order valence-corrected chi connectivity index (χ4v) is 3.08. The quantitative estimate of drug-likeness (QED) is 0.656. The van der Waals surface area contributed by atoms with E-state index in [1.807, 2.05) is 11.7 Å². The Labute approximate surface area is 95.9 Å². The van der Waals surface area contributed by atoms with Crippen molar-refractivity contribution in [1.29, 1.82) is 0 Å². The molecule has 1 aromatic heterocycles. The molecule has 16 heavy (non-hydrogen) atoms. The van der Waals surface area contributed by atoms with Gasteiger partial charge in [0.05, 0.1) is 11.4 Å². The maximum Gasteiger partial charge on any atom is 0.0725 e. The fourth-order valence-electron chi connectivity index (χ4n) is 3.08. The van der Waals surface area contributed by atoms with Gasteiger partial charge in [-0.05, 0) is 12.5 Å². The molecule has 1 heterocycles. The van der Waals surface area contributed by atoms with Crippen LogP contribution in [-0.4, -0.2) is 9.78 Å². The van der Waals surface area contributed by atoms with Crippen LogP contribution in [0.15, 0.2) is 24.3 Å². The van der Waals surface area contributed by atoms with Gasteiger partial charge >= 0.3 is 0 Å². The van der Waals surface area contributed by atoms with E-state index in [4.69, 9.17) is 0 Å². The number of hydrogen-bond donors (Lipinski definition) is 0. The Balaban J connectivity index is 2.46. The summed E-state index contributed by atoms with van der Waals surface area (Å²) in [5.74, 6) is 0. The summed E-state index contributed by atoms with van der Waals surface area (Å²) in [4.78, 5) is 0. The molecule has 0 radical (unpaired) electrons. The second-order valence-electron chi connectivity index (χ2n) is 5.10. The van der Waals surface area contributed by atoms with Crippen LogP contribution in [0.25, 0.3) is 11.3 Å². The molecule has 0 bridgehead atoms. The van der Waals surface area contributed by atoms with Crippen molar-refractivity contribution in [2.24, 2.45) is 7.05 Å². The molecule has 2 heteroatoms. The van der Waals surface area contributed by atoms with Crippen LogP contribution < -0.4 is 0 Å². The second-order valence-corrected chi connectivity index (χ2v) is 5.10. The number of aromatic nitrogens is 2. The number of rotatable bonds is 0. The Morgan fingerprint density at radius 2 is 1.88 bits per heavy atom. The van der Waals surface area contributed by atoms with E-state index in [1.54, 1.807) is 0 Å². The molecule has 0 fully saturated rings. The number of nitrogens with zero attached hydrogens (tertiary/aromatic N) is 2. The lowest BCUT2D eigenvalue weighted by Crippen LogP contribution is -2.15. The highest BCUT2D eigenvalue weighted by Gasteiger charge is 2.39. The minimum atomic E-state index is 0.0876. The van der Waals surface area contributed by atoms with Crippen molar-refractivity contribution in [3.63, 3.8) is 0 Å². The van der Waals surface area contributed by atoms with Gasteiger partial charge in [-0.15, -0.1) is 0 Å². The molecule has 1 aliphatic rings. The number of benzene rings is 1. The molecular formula is C14H16N2. The lowest BCUT2D eigenvalue weighted by Gasteiger charge is -2.20. The molecule has 1 aromatic carbocycles. The largest absolute Gasteiger partial charge is 0.267 e. The molecule has 0 saturated heterocycles. The summed E-state index contributed by atoms with van der Waals surface area (Å²) in [5, 5.41) is 4.54. The van der Waals surface area contributed by atoms with Crippen LogP contribution in [0.3, 0.4) is 0 Å². The molecular weight excluding hydrogens is 196 g/mol. The lowest BCUT2D eigenvalue weighted by atomic mass is 9.82. The van der Waals surface area contributed by atoms with Gasteiger partial charge in [0.2, 0.25) is 0 Å². The van der Waals surface area contributed by atoms with Crippen molar-refractivity contribution in [2.45, 2.75) is 26.2 Å². The predicted molar refractivity (Wildman–Crippen MR) is 65.5 cm³/mol. The zero-order valence-corrected chi connectivity index (χ0v) is 10.2. The monoisotopic (exact) mass is 212 g/mol. The summed E-state index contributed by atoms with van der Waals surface area (Å²) < 4.78 is 2.01. The van der Waals surface area contributed by atoms with Crippen molar-refractivity contribution < 1.29 is 0 Å². The van der Waals surface area contributed by atoms with Crippen molar-refractivity contribution in [2.75, 3.05) is 0 Å². The Bertz CT molecular complexity index is 576. The van der Waals surface area contributed by atoms with Crippen LogP contribution in [0.2, 0.25) is 0 Å². The van der Waals surface area contributed by atoms with Gasteiger partial charge in [0.1, 0.15) is 0 Å². The molecule has 2 aromatic rings. The van der Waals surface area contributed by atoms with E-state index in [-0.39, 0.29) is 5.41 Å². The summed E-state index contributed by atoms with van der Waals surface area (Å²) in [7, 11) is 2.03. The zero-order chi connectivity index (χ0) is 11.5. The van der Waals surface area contributed by atoms with E-state index in [0.29, 0.717) is 0 Å². The lowest BCUT2D eigenvalue weighted by molar-refractivity contribution is 0.654. The van der Waals surface area contributed by atoms with Crippen LogP contribution in [0.4, 0.5) is 0 Å². The van der Waals surface area contributed by atoms with Gasteiger partial charge in [0, 0.05) is 23.6 Å². The first-order valence-electron chi connectivity index (χ1n) is 5.67. The molecule has 0 N–H and O–H groups in total. The van der Waals surface area contributed by atoms with Crippen LogP contribution in [0, 0.1) is 6.92 Å². The molecule has 0 aliphatic heterocycles. The molecule has 0 unspecified atom stereocenters. The van der Waals surface area contributed by atoms with E-state index in [2.05, 4.69) is 50.1 Å². The first-order chi connectivity index (χ1) is 7.53. The van der Waals surface area contributed by atoms with Gasteiger partial charge in [-0.2, -0.15) is 5.10 Å². The van der Waals surface area contributed by atoms with E-state index in [1.165, 1.54) is 22.4 Å². The zero-order valence-electron chi connectivity index (χ0n) is 10.2. The highest BCUT2D eigenvalue weighted by Crippen LogP contribution is 2.49. The minimum Gasteiger partial charge on any atom is -0.267 e. The molecule has 0 amide bonds. The average Bonchev–Trinajstić information content (AvgIpc) is 2.65. The van der Waals surface area contributed by atoms with Crippen molar-refractivity contribution >= 4 is 0 Å². The summed E-state index contributed by atoms with van der Waals surface area (Å²) in [6.07, 6.45) is 0. The summed E-state index contributed by atoms with van der Waals surface area (Å²) in [5.41, 5.74) is 6.67. The van der Waals surface area contributed by atoms with Gasteiger partial charge in [-0.3, -0.25) is 4.68 Å². The third-order valence-electron chi connectivity index (χ3n) is 3.70. The normalized spacial score (nSPS) is 16.0. The molecule has 0 spiro atoms. The molecule has 3 rings (SSSR count). The minimum absolute atomic E-state index is 0.0876. The van der Waals surface area contributed by atoms with Gasteiger partial charge in [0.25, 0.3) is 0 Å². The Morgan fingerprint density at radius 1 is 1.19 bits per heavy atom. The maximum atomic E-state index is 4.54. The SMILES string of the molecule is Cc1nn(C)c2c1C(C)(C)c1ccccc1-2. The van der Waals surface area contributed by atoms with Gasteiger partial charge in [-0.25, -0.2) is 0 Å². The maximum absolute atomic E-state index is 4.54. The van der Waals surface area contributed by atoms with E-state index < -0.39 is 0 Å². The highest BCUT2D eigenvalue weighted by atomic mass is 15.3. The fraction of sp³-hybridized carbons (Fsp3) is 0.357. The molecule has 82 valence electrons. The van der Waals surface area contributed by atoms with Gasteiger partial charge in [0.15, 0.2) is 0 Å². The average molecular weight is 212 g/mol. The first kappa shape index (κ1) is 9.64. The Morgan fingerprint density at radius 3 is 2.62 bits per heavy atom. The standard InChI is InChI=1S/C14H16N2/c1-9-12-13(16(4)15-9)10-7-5-6-8-11(10)14(12,2)3/h5-8H,1-4H3. The van der Waals surface area contributed by atoms with E-state index in [9.17, 15) is 0 Å². The molecule has 2 nitrogen and oxygen atoms in total. The Hall–Kier alpha value is -1.57. The van der Waals surface area contributed by atoms with E-state index in [0.717, 1.165) is 5.69 Å². The van der Waals surface area contributed by atoms with Gasteiger partial charge < -0.3 is 0 Å². The van der Waals surface area contributed by atoms with Crippen molar-refractivity contribution in [3.05, 3.63) is 41.1 Å². The summed E-state index contributed by atoms with van der Waals surface area (Å²) in [6, 6.07) is 8.65. The van der Waals surface area contributed by atoms with Crippen LogP contribution in [0.5, 0.6) is 0 Å². The predicted octanol–water partition coefficient (Wildman–Crippen LogP) is 3.03. The number of hydrogen-bond acceptors (Lipinski definition) is 1. The van der Waals surface area contributed by atoms with E-state index >= 15 is 0 Å². The number of aryl methyl sites for hydroxylation is 2. The van der Waals surface area contributed by atoms with Crippen LogP contribution in [-0.2, 0) is 12.5 Å². The smallest absolute Gasteiger partial charge is 0.0725 e. The number of fused-ring (bicyclic) bond motifs is 3. The van der Waals surface area contributed by atoms with Gasteiger partial charge in [-0.1, -0.05) is 38.1 Å². The molecule has 1 aliphatic carbocycles. The van der Waals surface area contributed by atoms with Crippen molar-refractivity contribution in [1.82, 2.24) is 9.78 Å². The van der Waals surface area contributed by atoms with Crippen LogP contribution >= 0.6 is 0 Å². The molecule has 0 saturated carbocycles. The summed E-state index contributed by atoms with van der Waals surface area (Å²) in [6.45, 7) is 6.67. The second kappa shape index (κ2) is 2.76. The summed E-state index contributed by atoms with van der Waals surface area (Å²) >= 11 is 0. The van der Waals surface area contributed by atoms with Crippen molar-refractivity contribution in [3.8, 4) is 11.3 Å². The third-order valence-corrected chi connectivity index (χ3v) is 3.70. The van der Waals surface area contributed by atoms with Crippen LogP contribution in [0.1, 0.15) is 30.7 Å². The first-order valence-corrected chi connectivity index (χ1v) is 5.67. The Kier molecular flexibility index (Phi) is 1.66. The third kappa shape index (κ3) is 0.946.